The third kappa shape index (κ3) is 4.47. The lowest BCUT2D eigenvalue weighted by molar-refractivity contribution is -0.137. The molecule has 0 radical (unpaired) electrons. The highest BCUT2D eigenvalue weighted by molar-refractivity contribution is 5.68. The average molecular weight is 465 g/mol. The number of fused-ring (bicyclic) bond motifs is 1. The van der Waals surface area contributed by atoms with Gasteiger partial charge in [0.05, 0.1) is 13.5 Å². The van der Waals surface area contributed by atoms with E-state index in [0.29, 0.717) is 35.8 Å². The van der Waals surface area contributed by atoms with Crippen LogP contribution in [0.15, 0.2) is 48.7 Å². The largest absolute Gasteiger partial charge is 0.497 e. The molecular weight excluding hydrogens is 440 g/mol. The number of nitrogens with zero attached hydrogens (tertiary/aromatic N) is 1. The van der Waals surface area contributed by atoms with E-state index in [0.717, 1.165) is 24.0 Å². The monoisotopic (exact) mass is 465 g/mol. The van der Waals surface area contributed by atoms with Gasteiger partial charge in [0.1, 0.15) is 34.9 Å². The van der Waals surface area contributed by atoms with Gasteiger partial charge in [0.15, 0.2) is 0 Å². The maximum Gasteiger partial charge on any atom is 0.303 e. The quantitative estimate of drug-likeness (QED) is 0.459. The summed E-state index contributed by atoms with van der Waals surface area (Å²) in [5, 5.41) is 9.32. The lowest BCUT2D eigenvalue weighted by Gasteiger charge is -2.27. The SMILES string of the molecule is COc1ccc(F)c(-c2cnc(C3CCc4ccc([C@@H](CC(=O)O)C5CC5)cc4O3)c(F)c2)c1. The predicted octanol–water partition coefficient (Wildman–Crippen LogP) is 6.07. The Labute approximate surface area is 196 Å². The summed E-state index contributed by atoms with van der Waals surface area (Å²) in [6.45, 7) is 0. The molecule has 1 unspecified atom stereocenters. The fraction of sp³-hybridized carbons (Fsp3) is 0.333. The van der Waals surface area contributed by atoms with Crippen LogP contribution in [0, 0.1) is 17.6 Å². The highest BCUT2D eigenvalue weighted by atomic mass is 19.1. The van der Waals surface area contributed by atoms with Crippen LogP contribution in [-0.4, -0.2) is 23.2 Å². The Kier molecular flexibility index (Phi) is 5.94. The molecule has 0 spiro atoms. The highest BCUT2D eigenvalue weighted by Gasteiger charge is 2.35. The number of carboxylic acid groups (broad SMARTS) is 1. The van der Waals surface area contributed by atoms with Crippen molar-refractivity contribution in [1.29, 1.82) is 0 Å². The van der Waals surface area contributed by atoms with Crippen molar-refractivity contribution in [2.75, 3.05) is 7.11 Å². The van der Waals surface area contributed by atoms with Crippen molar-refractivity contribution in [3.63, 3.8) is 0 Å². The second-order valence-electron chi connectivity index (χ2n) is 8.99. The third-order valence-corrected chi connectivity index (χ3v) is 6.71. The Morgan fingerprint density at radius 3 is 2.68 bits per heavy atom. The fourth-order valence-corrected chi connectivity index (χ4v) is 4.74. The molecule has 1 fully saturated rings. The highest BCUT2D eigenvalue weighted by Crippen LogP contribution is 2.46. The third-order valence-electron chi connectivity index (χ3n) is 6.71. The van der Waals surface area contributed by atoms with E-state index in [9.17, 15) is 14.3 Å². The van der Waals surface area contributed by atoms with E-state index in [1.807, 2.05) is 18.2 Å². The van der Waals surface area contributed by atoms with Crippen molar-refractivity contribution < 1.29 is 28.2 Å². The molecule has 0 amide bonds. The zero-order chi connectivity index (χ0) is 23.8. The molecule has 1 N–H and O–H groups in total. The van der Waals surface area contributed by atoms with Crippen LogP contribution in [0.4, 0.5) is 8.78 Å². The second kappa shape index (κ2) is 9.05. The first kappa shape index (κ1) is 22.3. The number of hydrogen-bond acceptors (Lipinski definition) is 4. The number of pyridine rings is 1. The molecule has 7 heteroatoms. The Hall–Kier alpha value is -3.48. The topological polar surface area (TPSA) is 68.7 Å². The number of benzene rings is 2. The van der Waals surface area contributed by atoms with Gasteiger partial charge in [0.25, 0.3) is 0 Å². The fourth-order valence-electron chi connectivity index (χ4n) is 4.74. The van der Waals surface area contributed by atoms with Crippen LogP contribution in [-0.2, 0) is 11.2 Å². The van der Waals surface area contributed by atoms with Crippen molar-refractivity contribution in [2.45, 2.75) is 44.1 Å². The van der Waals surface area contributed by atoms with Crippen LogP contribution < -0.4 is 9.47 Å². The molecular formula is C27H25F2NO4. The molecule has 5 rings (SSSR count). The minimum atomic E-state index is -0.813. The molecule has 0 saturated heterocycles. The maximum absolute atomic E-state index is 15.1. The van der Waals surface area contributed by atoms with E-state index in [1.165, 1.54) is 37.6 Å². The molecule has 2 heterocycles. The molecule has 1 aromatic heterocycles. The van der Waals surface area contributed by atoms with Gasteiger partial charge >= 0.3 is 5.97 Å². The van der Waals surface area contributed by atoms with Gasteiger partial charge < -0.3 is 14.6 Å². The standard InChI is InChI=1S/C27H25F2NO4/c1-33-19-7-8-22(28)21(12-19)18-10-23(29)27(30-14-18)24-9-6-16-4-5-17(11-25(16)34-24)20(13-26(31)32)15-2-3-15/h4-5,7-8,10-12,14-15,20,24H,2-3,6,9,13H2,1H3,(H,31,32)/t20-,24?/m0/s1. The summed E-state index contributed by atoms with van der Waals surface area (Å²) in [6.07, 6.45) is 4.28. The Bertz CT molecular complexity index is 1240. The molecule has 34 heavy (non-hydrogen) atoms. The number of aryl methyl sites for hydroxylation is 1. The Morgan fingerprint density at radius 1 is 1.15 bits per heavy atom. The van der Waals surface area contributed by atoms with Crippen LogP contribution in [0.5, 0.6) is 11.5 Å². The molecule has 3 aromatic rings. The second-order valence-corrected chi connectivity index (χ2v) is 8.99. The van der Waals surface area contributed by atoms with Crippen molar-refractivity contribution in [3.05, 3.63) is 77.1 Å². The number of aromatic nitrogens is 1. The lowest BCUT2D eigenvalue weighted by Crippen LogP contribution is -2.18. The predicted molar refractivity (Wildman–Crippen MR) is 122 cm³/mol. The molecule has 2 atom stereocenters. The summed E-state index contributed by atoms with van der Waals surface area (Å²) in [4.78, 5) is 15.7. The number of aliphatic carboxylic acids is 1. The number of carbonyl (C=O) groups is 1. The number of rotatable bonds is 7. The summed E-state index contributed by atoms with van der Waals surface area (Å²) in [5.74, 6) is -0.406. The minimum Gasteiger partial charge on any atom is -0.497 e. The summed E-state index contributed by atoms with van der Waals surface area (Å²) in [7, 11) is 1.48. The number of halogens is 2. The number of hydrogen-bond donors (Lipinski definition) is 1. The van der Waals surface area contributed by atoms with Crippen LogP contribution >= 0.6 is 0 Å². The molecule has 1 saturated carbocycles. The normalized spacial score (nSPS) is 18.0. The molecule has 5 nitrogen and oxygen atoms in total. The van der Waals surface area contributed by atoms with Gasteiger partial charge in [-0.15, -0.1) is 0 Å². The summed E-state index contributed by atoms with van der Waals surface area (Å²) in [5.41, 5.74) is 2.66. The van der Waals surface area contributed by atoms with E-state index in [-0.39, 0.29) is 23.6 Å². The smallest absolute Gasteiger partial charge is 0.303 e. The minimum absolute atomic E-state index is 0.0429. The van der Waals surface area contributed by atoms with E-state index >= 15 is 4.39 Å². The first-order valence-corrected chi connectivity index (χ1v) is 11.4. The van der Waals surface area contributed by atoms with Gasteiger partial charge in [-0.25, -0.2) is 8.78 Å². The van der Waals surface area contributed by atoms with Crippen molar-refractivity contribution in [1.82, 2.24) is 4.98 Å². The van der Waals surface area contributed by atoms with Gasteiger partial charge in [-0.1, -0.05) is 12.1 Å². The summed E-state index contributed by atoms with van der Waals surface area (Å²) < 4.78 is 40.7. The zero-order valence-electron chi connectivity index (χ0n) is 18.8. The Morgan fingerprint density at radius 2 is 1.97 bits per heavy atom. The van der Waals surface area contributed by atoms with Crippen LogP contribution in [0.25, 0.3) is 11.1 Å². The molecule has 2 aromatic carbocycles. The van der Waals surface area contributed by atoms with Crippen molar-refractivity contribution >= 4 is 5.97 Å². The lowest BCUT2D eigenvalue weighted by atomic mass is 9.89. The van der Waals surface area contributed by atoms with E-state index in [1.54, 1.807) is 0 Å². The van der Waals surface area contributed by atoms with Crippen LogP contribution in [0.3, 0.4) is 0 Å². The first-order valence-electron chi connectivity index (χ1n) is 11.4. The number of carboxylic acids is 1. The van der Waals surface area contributed by atoms with Gasteiger partial charge in [0.2, 0.25) is 0 Å². The average Bonchev–Trinajstić information content (AvgIpc) is 3.67. The Balaban J connectivity index is 1.40. The van der Waals surface area contributed by atoms with E-state index in [4.69, 9.17) is 9.47 Å². The first-order chi connectivity index (χ1) is 16.4. The van der Waals surface area contributed by atoms with E-state index < -0.39 is 23.7 Å². The number of ether oxygens (including phenoxy) is 2. The van der Waals surface area contributed by atoms with E-state index in [2.05, 4.69) is 4.98 Å². The molecule has 2 aliphatic rings. The molecule has 1 aliphatic heterocycles. The van der Waals surface area contributed by atoms with Gasteiger partial charge in [-0.05, 0) is 79.0 Å². The zero-order valence-corrected chi connectivity index (χ0v) is 18.8. The van der Waals surface area contributed by atoms with Gasteiger partial charge in [0, 0.05) is 17.3 Å². The van der Waals surface area contributed by atoms with Crippen LogP contribution in [0.2, 0.25) is 0 Å². The molecule has 176 valence electrons. The van der Waals surface area contributed by atoms with Gasteiger partial charge in [-0.3, -0.25) is 9.78 Å². The van der Waals surface area contributed by atoms with Crippen LogP contribution in [0.1, 0.15) is 54.5 Å². The molecule has 0 bridgehead atoms. The summed E-state index contributed by atoms with van der Waals surface area (Å²) >= 11 is 0. The summed E-state index contributed by atoms with van der Waals surface area (Å²) in [6, 6.07) is 11.4. The van der Waals surface area contributed by atoms with Crippen molar-refractivity contribution in [3.8, 4) is 22.6 Å². The number of methoxy groups -OCH3 is 1. The van der Waals surface area contributed by atoms with Gasteiger partial charge in [-0.2, -0.15) is 0 Å². The van der Waals surface area contributed by atoms with Crippen molar-refractivity contribution in [2.24, 2.45) is 5.92 Å². The maximum atomic E-state index is 15.1. The molecule has 1 aliphatic carbocycles.